The Morgan fingerprint density at radius 1 is 1.56 bits per heavy atom. The van der Waals surface area contributed by atoms with Crippen molar-refractivity contribution in [2.75, 3.05) is 13.2 Å². The highest BCUT2D eigenvalue weighted by atomic mass is 32.1. The zero-order valence-corrected chi connectivity index (χ0v) is 10.6. The normalized spacial score (nSPS) is 20.8. The zero-order chi connectivity index (χ0) is 12.5. The van der Waals surface area contributed by atoms with Gasteiger partial charge in [0.25, 0.3) is 5.56 Å². The molecule has 3 rings (SSSR count). The first kappa shape index (κ1) is 11.8. The number of rotatable bonds is 3. The van der Waals surface area contributed by atoms with E-state index in [0.717, 1.165) is 25.1 Å². The molecular formula is C11H14N4O2S. The second-order valence-electron chi connectivity index (χ2n) is 4.47. The van der Waals surface area contributed by atoms with Gasteiger partial charge in [-0.1, -0.05) is 11.3 Å². The van der Waals surface area contributed by atoms with E-state index in [1.54, 1.807) is 5.51 Å². The quantitative estimate of drug-likeness (QED) is 0.853. The van der Waals surface area contributed by atoms with Crippen LogP contribution in [0.25, 0.3) is 4.96 Å². The van der Waals surface area contributed by atoms with Gasteiger partial charge in [0.2, 0.25) is 4.96 Å². The highest BCUT2D eigenvalue weighted by Crippen LogP contribution is 2.18. The molecular weight excluding hydrogens is 252 g/mol. The van der Waals surface area contributed by atoms with E-state index in [2.05, 4.69) is 15.0 Å². The van der Waals surface area contributed by atoms with Crippen molar-refractivity contribution in [1.29, 1.82) is 0 Å². The minimum absolute atomic E-state index is 0.143. The maximum absolute atomic E-state index is 11.8. The van der Waals surface area contributed by atoms with Gasteiger partial charge in [-0.25, -0.2) is 4.98 Å². The number of hydrogen-bond acceptors (Lipinski definition) is 6. The van der Waals surface area contributed by atoms with Gasteiger partial charge in [-0.3, -0.25) is 9.69 Å². The molecule has 2 aromatic rings. The lowest BCUT2D eigenvalue weighted by atomic mass is 10.2. The molecule has 18 heavy (non-hydrogen) atoms. The molecule has 1 atom stereocenters. The van der Waals surface area contributed by atoms with Crippen molar-refractivity contribution in [2.24, 2.45) is 0 Å². The largest absolute Gasteiger partial charge is 0.395 e. The van der Waals surface area contributed by atoms with Gasteiger partial charge in [0, 0.05) is 18.7 Å². The van der Waals surface area contributed by atoms with E-state index in [4.69, 9.17) is 0 Å². The second kappa shape index (κ2) is 4.75. The van der Waals surface area contributed by atoms with E-state index in [1.165, 1.54) is 21.9 Å². The Morgan fingerprint density at radius 3 is 3.28 bits per heavy atom. The Bertz CT molecular complexity index is 608. The van der Waals surface area contributed by atoms with Gasteiger partial charge in [0.1, 0.15) is 5.51 Å². The first-order valence-electron chi connectivity index (χ1n) is 5.95. The van der Waals surface area contributed by atoms with Crippen molar-refractivity contribution >= 4 is 16.3 Å². The third-order valence-corrected chi connectivity index (χ3v) is 3.99. The van der Waals surface area contributed by atoms with E-state index < -0.39 is 0 Å². The van der Waals surface area contributed by atoms with Crippen LogP contribution in [0.5, 0.6) is 0 Å². The van der Waals surface area contributed by atoms with Gasteiger partial charge >= 0.3 is 0 Å². The Balaban J connectivity index is 1.88. The summed E-state index contributed by atoms with van der Waals surface area (Å²) in [5.74, 6) is 0. The van der Waals surface area contributed by atoms with E-state index in [-0.39, 0.29) is 18.2 Å². The van der Waals surface area contributed by atoms with Gasteiger partial charge in [-0.2, -0.15) is 9.61 Å². The van der Waals surface area contributed by atoms with Crippen molar-refractivity contribution in [3.05, 3.63) is 27.6 Å². The lowest BCUT2D eigenvalue weighted by Gasteiger charge is -2.21. The SMILES string of the molecule is O=c1cc(CN2CCCC2CO)nc2scnn12. The number of fused-ring (bicyclic) bond motifs is 1. The molecule has 0 aliphatic carbocycles. The molecule has 1 aliphatic rings. The smallest absolute Gasteiger partial charge is 0.275 e. The van der Waals surface area contributed by atoms with E-state index >= 15 is 0 Å². The maximum Gasteiger partial charge on any atom is 0.275 e. The fourth-order valence-electron chi connectivity index (χ4n) is 2.40. The summed E-state index contributed by atoms with van der Waals surface area (Å²) in [6.45, 7) is 1.74. The highest BCUT2D eigenvalue weighted by molar-refractivity contribution is 7.14. The lowest BCUT2D eigenvalue weighted by molar-refractivity contribution is 0.152. The molecule has 0 spiro atoms. The Hall–Kier alpha value is -1.31. The summed E-state index contributed by atoms with van der Waals surface area (Å²) in [7, 11) is 0. The Kier molecular flexibility index (Phi) is 3.11. The highest BCUT2D eigenvalue weighted by Gasteiger charge is 2.24. The van der Waals surface area contributed by atoms with Crippen LogP contribution in [0.3, 0.4) is 0 Å². The standard InChI is InChI=1S/C11H14N4O2S/c16-6-9-2-1-3-14(9)5-8-4-10(17)15-11(13-8)18-7-12-15/h4,7,9,16H,1-3,5-6H2. The predicted octanol–water partition coefficient (Wildman–Crippen LogP) is 0.108. The molecule has 3 heterocycles. The van der Waals surface area contributed by atoms with Gasteiger partial charge < -0.3 is 5.11 Å². The molecule has 1 fully saturated rings. The molecule has 0 amide bonds. The number of nitrogens with zero attached hydrogens (tertiary/aromatic N) is 4. The number of aromatic nitrogens is 3. The first-order chi connectivity index (χ1) is 8.78. The minimum atomic E-state index is -0.143. The van der Waals surface area contributed by atoms with Crippen LogP contribution >= 0.6 is 11.3 Å². The van der Waals surface area contributed by atoms with Crippen LogP contribution < -0.4 is 5.56 Å². The maximum atomic E-state index is 11.8. The van der Waals surface area contributed by atoms with Crippen LogP contribution in [0.4, 0.5) is 0 Å². The van der Waals surface area contributed by atoms with Gasteiger partial charge in [-0.05, 0) is 19.4 Å². The second-order valence-corrected chi connectivity index (χ2v) is 5.28. The lowest BCUT2D eigenvalue weighted by Crippen LogP contribution is -2.32. The average Bonchev–Trinajstić information content (AvgIpc) is 2.97. The molecule has 6 nitrogen and oxygen atoms in total. The molecule has 7 heteroatoms. The summed E-state index contributed by atoms with van der Waals surface area (Å²) in [4.78, 5) is 19.0. The van der Waals surface area contributed by atoms with Crippen molar-refractivity contribution in [3.63, 3.8) is 0 Å². The number of likely N-dealkylation sites (tertiary alicyclic amines) is 1. The van der Waals surface area contributed by atoms with Gasteiger partial charge in [-0.15, -0.1) is 0 Å². The number of hydrogen-bond donors (Lipinski definition) is 1. The minimum Gasteiger partial charge on any atom is -0.395 e. The number of aliphatic hydroxyl groups is 1. The monoisotopic (exact) mass is 266 g/mol. The van der Waals surface area contributed by atoms with Crippen LogP contribution in [0.2, 0.25) is 0 Å². The molecule has 0 radical (unpaired) electrons. The summed E-state index contributed by atoms with van der Waals surface area (Å²) in [6.07, 6.45) is 2.10. The third kappa shape index (κ3) is 2.05. The summed E-state index contributed by atoms with van der Waals surface area (Å²) < 4.78 is 1.31. The third-order valence-electron chi connectivity index (χ3n) is 3.31. The fourth-order valence-corrected chi connectivity index (χ4v) is 3.04. The summed E-state index contributed by atoms with van der Waals surface area (Å²) in [5.41, 5.74) is 2.22. The first-order valence-corrected chi connectivity index (χ1v) is 6.83. The van der Waals surface area contributed by atoms with Crippen molar-refractivity contribution in [1.82, 2.24) is 19.5 Å². The molecule has 1 N–H and O–H groups in total. The van der Waals surface area contributed by atoms with E-state index in [0.29, 0.717) is 11.5 Å². The Morgan fingerprint density at radius 2 is 2.44 bits per heavy atom. The molecule has 0 aromatic carbocycles. The van der Waals surface area contributed by atoms with Crippen LogP contribution in [0.1, 0.15) is 18.5 Å². The molecule has 1 saturated heterocycles. The van der Waals surface area contributed by atoms with Gasteiger partial charge in [0.05, 0.1) is 12.3 Å². The Labute approximate surface area is 108 Å². The molecule has 0 saturated carbocycles. The fraction of sp³-hybridized carbons (Fsp3) is 0.545. The van der Waals surface area contributed by atoms with Crippen LogP contribution in [0, 0.1) is 0 Å². The zero-order valence-electron chi connectivity index (χ0n) is 9.82. The molecule has 1 unspecified atom stereocenters. The van der Waals surface area contributed by atoms with Crippen LogP contribution in [-0.2, 0) is 6.54 Å². The van der Waals surface area contributed by atoms with Crippen molar-refractivity contribution in [2.45, 2.75) is 25.4 Å². The number of aliphatic hydroxyl groups excluding tert-OH is 1. The molecule has 2 aromatic heterocycles. The van der Waals surface area contributed by atoms with E-state index in [1.807, 2.05) is 0 Å². The van der Waals surface area contributed by atoms with Crippen molar-refractivity contribution in [3.8, 4) is 0 Å². The molecule has 1 aliphatic heterocycles. The van der Waals surface area contributed by atoms with Crippen LogP contribution in [-0.4, -0.2) is 43.8 Å². The average molecular weight is 266 g/mol. The topological polar surface area (TPSA) is 70.7 Å². The summed E-state index contributed by atoms with van der Waals surface area (Å²) in [6, 6.07) is 1.73. The van der Waals surface area contributed by atoms with Crippen LogP contribution in [0.15, 0.2) is 16.4 Å². The van der Waals surface area contributed by atoms with Gasteiger partial charge in [0.15, 0.2) is 0 Å². The van der Waals surface area contributed by atoms with E-state index in [9.17, 15) is 9.90 Å². The summed E-state index contributed by atoms with van der Waals surface area (Å²) in [5, 5.41) is 13.2. The summed E-state index contributed by atoms with van der Waals surface area (Å²) >= 11 is 1.35. The van der Waals surface area contributed by atoms with Crippen molar-refractivity contribution < 1.29 is 5.11 Å². The molecule has 96 valence electrons. The predicted molar refractivity (Wildman–Crippen MR) is 67.7 cm³/mol. The molecule has 0 bridgehead atoms.